The van der Waals surface area contributed by atoms with Crippen LogP contribution in [0.5, 0.6) is 5.75 Å². The molecule has 0 spiro atoms. The lowest BCUT2D eigenvalue weighted by atomic mass is 10.1. The van der Waals surface area contributed by atoms with Crippen LogP contribution < -0.4 is 10.1 Å². The Morgan fingerprint density at radius 2 is 2.10 bits per heavy atom. The van der Waals surface area contributed by atoms with Crippen LogP contribution in [0.4, 0.5) is 8.78 Å². The van der Waals surface area contributed by atoms with Gasteiger partial charge in [0, 0.05) is 13.2 Å². The molecule has 1 saturated heterocycles. The lowest BCUT2D eigenvalue weighted by molar-refractivity contribution is 0.0977. The van der Waals surface area contributed by atoms with E-state index in [-0.39, 0.29) is 11.9 Å². The summed E-state index contributed by atoms with van der Waals surface area (Å²) in [4.78, 5) is 0. The lowest BCUT2D eigenvalue weighted by Crippen LogP contribution is -2.10. The maximum atomic E-state index is 13.7. The summed E-state index contributed by atoms with van der Waals surface area (Å²) in [6.07, 6.45) is 4.07. The molecule has 2 rings (SSSR count). The zero-order valence-electron chi connectivity index (χ0n) is 11.8. The molecule has 0 aliphatic carbocycles. The Labute approximate surface area is 118 Å². The van der Waals surface area contributed by atoms with Crippen LogP contribution >= 0.6 is 0 Å². The molecule has 1 unspecified atom stereocenters. The molecule has 0 amide bonds. The molecule has 112 valence electrons. The van der Waals surface area contributed by atoms with Crippen molar-refractivity contribution < 1.29 is 18.3 Å². The smallest absolute Gasteiger partial charge is 0.190 e. The summed E-state index contributed by atoms with van der Waals surface area (Å²) in [5.74, 6) is -1.57. The minimum atomic E-state index is -0.646. The van der Waals surface area contributed by atoms with Gasteiger partial charge in [0.1, 0.15) is 0 Å². The third-order valence-corrected chi connectivity index (χ3v) is 3.38. The number of ether oxygens (including phenoxy) is 2. The maximum Gasteiger partial charge on any atom is 0.190 e. The minimum Gasteiger partial charge on any atom is -0.488 e. The number of benzene rings is 1. The molecular weight excluding hydrogens is 264 g/mol. The quantitative estimate of drug-likeness (QED) is 0.781. The fourth-order valence-electron chi connectivity index (χ4n) is 2.41. The highest BCUT2D eigenvalue weighted by Crippen LogP contribution is 2.24. The van der Waals surface area contributed by atoms with Gasteiger partial charge < -0.3 is 14.8 Å². The summed E-state index contributed by atoms with van der Waals surface area (Å²) < 4.78 is 38.2. The van der Waals surface area contributed by atoms with Crippen LogP contribution in [0, 0.1) is 11.6 Å². The molecule has 20 heavy (non-hydrogen) atoms. The number of hydrogen-bond donors (Lipinski definition) is 1. The molecule has 1 atom stereocenters. The van der Waals surface area contributed by atoms with E-state index in [0.29, 0.717) is 18.7 Å². The van der Waals surface area contributed by atoms with E-state index >= 15 is 0 Å². The number of halogens is 2. The highest BCUT2D eigenvalue weighted by atomic mass is 19.1. The summed E-state index contributed by atoms with van der Waals surface area (Å²) in [7, 11) is 1.73. The second-order valence-corrected chi connectivity index (χ2v) is 5.04. The Morgan fingerprint density at radius 1 is 1.35 bits per heavy atom. The van der Waals surface area contributed by atoms with E-state index in [2.05, 4.69) is 5.32 Å². The van der Waals surface area contributed by atoms with E-state index < -0.39 is 11.6 Å². The second kappa shape index (κ2) is 7.55. The summed E-state index contributed by atoms with van der Waals surface area (Å²) in [5, 5.41) is 2.85. The molecule has 1 heterocycles. The van der Waals surface area contributed by atoms with Gasteiger partial charge in [-0.3, -0.25) is 0 Å². The van der Waals surface area contributed by atoms with Crippen LogP contribution in [0.2, 0.25) is 0 Å². The van der Waals surface area contributed by atoms with E-state index in [1.807, 2.05) is 0 Å². The average molecular weight is 285 g/mol. The molecule has 1 aromatic rings. The van der Waals surface area contributed by atoms with Crippen molar-refractivity contribution in [3.63, 3.8) is 0 Å². The topological polar surface area (TPSA) is 30.5 Å². The van der Waals surface area contributed by atoms with Gasteiger partial charge in [0.15, 0.2) is 17.4 Å². The SMILES string of the molecule is CNCc1cc(F)c(OCCCC2CCCO2)c(F)c1. The molecule has 0 aromatic heterocycles. The summed E-state index contributed by atoms with van der Waals surface area (Å²) in [6.45, 7) is 1.55. The highest BCUT2D eigenvalue weighted by Gasteiger charge is 2.16. The van der Waals surface area contributed by atoms with Gasteiger partial charge in [-0.2, -0.15) is 0 Å². The number of rotatable bonds is 7. The van der Waals surface area contributed by atoms with Crippen molar-refractivity contribution in [1.82, 2.24) is 5.32 Å². The van der Waals surface area contributed by atoms with Gasteiger partial charge in [0.2, 0.25) is 0 Å². The molecule has 1 aliphatic rings. The standard InChI is InChI=1S/C15H21F2NO2/c1-18-10-11-8-13(16)15(14(17)9-11)20-7-3-5-12-4-2-6-19-12/h8-9,12,18H,2-7,10H2,1H3. The molecule has 0 saturated carbocycles. The summed E-state index contributed by atoms with van der Waals surface area (Å²) in [5.41, 5.74) is 0.564. The van der Waals surface area contributed by atoms with Crippen LogP contribution in [0.25, 0.3) is 0 Å². The Balaban J connectivity index is 1.82. The van der Waals surface area contributed by atoms with Crippen LogP contribution in [-0.4, -0.2) is 26.4 Å². The summed E-state index contributed by atoms with van der Waals surface area (Å²) in [6, 6.07) is 2.60. The van der Waals surface area contributed by atoms with E-state index in [1.54, 1.807) is 7.05 Å². The van der Waals surface area contributed by atoms with E-state index in [4.69, 9.17) is 9.47 Å². The predicted molar refractivity (Wildman–Crippen MR) is 72.8 cm³/mol. The third kappa shape index (κ3) is 4.15. The largest absolute Gasteiger partial charge is 0.488 e. The summed E-state index contributed by atoms with van der Waals surface area (Å²) >= 11 is 0. The monoisotopic (exact) mass is 285 g/mol. The predicted octanol–water partition coefficient (Wildman–Crippen LogP) is 3.02. The van der Waals surface area contributed by atoms with Crippen molar-refractivity contribution in [2.45, 2.75) is 38.3 Å². The highest BCUT2D eigenvalue weighted by molar-refractivity contribution is 5.31. The van der Waals surface area contributed by atoms with Gasteiger partial charge in [-0.05, 0) is 50.4 Å². The first kappa shape index (κ1) is 15.2. The maximum absolute atomic E-state index is 13.7. The fraction of sp³-hybridized carbons (Fsp3) is 0.600. The molecule has 0 radical (unpaired) electrons. The van der Waals surface area contributed by atoms with Crippen LogP contribution in [-0.2, 0) is 11.3 Å². The van der Waals surface area contributed by atoms with Crippen molar-refractivity contribution >= 4 is 0 Å². The van der Waals surface area contributed by atoms with Crippen molar-refractivity contribution in [3.05, 3.63) is 29.3 Å². The fourth-order valence-corrected chi connectivity index (χ4v) is 2.41. The molecule has 0 bridgehead atoms. The third-order valence-electron chi connectivity index (χ3n) is 3.38. The minimum absolute atomic E-state index is 0.280. The molecule has 1 N–H and O–H groups in total. The average Bonchev–Trinajstić information content (AvgIpc) is 2.90. The van der Waals surface area contributed by atoms with E-state index in [0.717, 1.165) is 32.3 Å². The molecule has 1 fully saturated rings. The Morgan fingerprint density at radius 3 is 2.70 bits per heavy atom. The van der Waals surface area contributed by atoms with Gasteiger partial charge in [-0.25, -0.2) is 8.78 Å². The van der Waals surface area contributed by atoms with Gasteiger partial charge in [-0.1, -0.05) is 0 Å². The van der Waals surface area contributed by atoms with Crippen LogP contribution in [0.1, 0.15) is 31.2 Å². The first-order valence-electron chi connectivity index (χ1n) is 7.07. The number of nitrogens with one attached hydrogen (secondary N) is 1. The Kier molecular flexibility index (Phi) is 5.73. The molecular formula is C15H21F2NO2. The van der Waals surface area contributed by atoms with Crippen molar-refractivity contribution in [1.29, 1.82) is 0 Å². The van der Waals surface area contributed by atoms with Gasteiger partial charge in [0.25, 0.3) is 0 Å². The van der Waals surface area contributed by atoms with Crippen LogP contribution in [0.15, 0.2) is 12.1 Å². The van der Waals surface area contributed by atoms with E-state index in [1.165, 1.54) is 12.1 Å². The van der Waals surface area contributed by atoms with Gasteiger partial charge >= 0.3 is 0 Å². The number of hydrogen-bond acceptors (Lipinski definition) is 3. The Hall–Kier alpha value is -1.20. The van der Waals surface area contributed by atoms with Crippen molar-refractivity contribution in [2.75, 3.05) is 20.3 Å². The zero-order valence-corrected chi connectivity index (χ0v) is 11.8. The molecule has 1 aliphatic heterocycles. The molecule has 3 nitrogen and oxygen atoms in total. The van der Waals surface area contributed by atoms with Crippen molar-refractivity contribution in [2.24, 2.45) is 0 Å². The second-order valence-electron chi connectivity index (χ2n) is 5.04. The van der Waals surface area contributed by atoms with E-state index in [9.17, 15) is 8.78 Å². The van der Waals surface area contributed by atoms with Gasteiger partial charge in [0.05, 0.1) is 12.7 Å². The molecule has 5 heteroatoms. The first-order valence-corrected chi connectivity index (χ1v) is 7.07. The normalized spacial score (nSPS) is 18.4. The van der Waals surface area contributed by atoms with Gasteiger partial charge in [-0.15, -0.1) is 0 Å². The Bertz CT molecular complexity index is 411. The first-order chi connectivity index (χ1) is 9.70. The zero-order chi connectivity index (χ0) is 14.4. The van der Waals surface area contributed by atoms with Crippen molar-refractivity contribution in [3.8, 4) is 5.75 Å². The lowest BCUT2D eigenvalue weighted by Gasteiger charge is -2.12. The molecule has 1 aromatic carbocycles. The van der Waals surface area contributed by atoms with Crippen LogP contribution in [0.3, 0.4) is 0 Å².